The predicted octanol–water partition coefficient (Wildman–Crippen LogP) is 6.72. The maximum Gasteiger partial charge on any atom is 0.338 e. The van der Waals surface area contributed by atoms with Crippen LogP contribution < -0.4 is 9.47 Å². The Balaban J connectivity index is 1.18. The first-order valence-corrected chi connectivity index (χ1v) is 14.5. The van der Waals surface area contributed by atoms with Gasteiger partial charge in [-0.25, -0.2) is 4.79 Å². The van der Waals surface area contributed by atoms with Crippen molar-refractivity contribution in [2.24, 2.45) is 0 Å². The number of likely N-dealkylation sites (tertiary alicyclic amines) is 1. The molecule has 0 saturated carbocycles. The molecule has 8 heteroatoms. The number of ether oxygens (including phenoxy) is 3. The zero-order chi connectivity index (χ0) is 31.1. The van der Waals surface area contributed by atoms with E-state index in [2.05, 4.69) is 0 Å². The summed E-state index contributed by atoms with van der Waals surface area (Å²) in [6.45, 7) is 3.44. The van der Waals surface area contributed by atoms with Gasteiger partial charge in [0, 0.05) is 26.0 Å². The number of nitrogens with zero attached hydrogens (tertiary/aromatic N) is 1. The summed E-state index contributed by atoms with van der Waals surface area (Å²) in [4.78, 5) is 50.4. The molecule has 1 saturated heterocycles. The smallest absolute Gasteiger partial charge is 0.338 e. The van der Waals surface area contributed by atoms with Crippen LogP contribution in [-0.2, 0) is 14.3 Å². The molecule has 0 N–H and O–H groups in total. The number of esters is 3. The van der Waals surface area contributed by atoms with Crippen LogP contribution in [0.1, 0.15) is 53.8 Å². The summed E-state index contributed by atoms with van der Waals surface area (Å²) in [5, 5.41) is 0. The SMILES string of the molecule is CC(=O)Oc1ccc(-c2ccc(C(=O)OCC3CCCCN3C(=O)c3ccc(-c4ccc(OC(C)=O)cc4)cc3)cc2)cc1. The lowest BCUT2D eigenvalue weighted by molar-refractivity contribution is -0.132. The first kappa shape index (κ1) is 30.2. The van der Waals surface area contributed by atoms with Crippen LogP contribution in [0.3, 0.4) is 0 Å². The second-order valence-electron chi connectivity index (χ2n) is 10.6. The van der Waals surface area contributed by atoms with Crippen LogP contribution in [0.2, 0.25) is 0 Å². The van der Waals surface area contributed by atoms with Gasteiger partial charge in [-0.2, -0.15) is 0 Å². The highest BCUT2D eigenvalue weighted by Crippen LogP contribution is 2.26. The lowest BCUT2D eigenvalue weighted by Crippen LogP contribution is -2.46. The highest BCUT2D eigenvalue weighted by molar-refractivity contribution is 5.95. The number of rotatable bonds is 8. The largest absolute Gasteiger partial charge is 0.460 e. The maximum absolute atomic E-state index is 13.5. The third kappa shape index (κ3) is 7.58. The van der Waals surface area contributed by atoms with Crippen LogP contribution in [-0.4, -0.2) is 47.9 Å². The Labute approximate surface area is 256 Å². The van der Waals surface area contributed by atoms with Gasteiger partial charge in [-0.15, -0.1) is 0 Å². The maximum atomic E-state index is 13.5. The van der Waals surface area contributed by atoms with Gasteiger partial charge in [-0.1, -0.05) is 48.5 Å². The minimum Gasteiger partial charge on any atom is -0.460 e. The Kier molecular flexibility index (Phi) is 9.49. The van der Waals surface area contributed by atoms with Crippen LogP contribution in [0, 0.1) is 0 Å². The molecule has 0 bridgehead atoms. The topological polar surface area (TPSA) is 99.2 Å². The molecule has 1 aliphatic heterocycles. The number of piperidine rings is 1. The molecule has 1 atom stereocenters. The molecule has 5 rings (SSSR count). The number of hydrogen-bond acceptors (Lipinski definition) is 7. The summed E-state index contributed by atoms with van der Waals surface area (Å²) >= 11 is 0. The minimum atomic E-state index is -0.441. The number of carbonyl (C=O) groups is 4. The van der Waals surface area contributed by atoms with Crippen molar-refractivity contribution in [3.63, 3.8) is 0 Å². The van der Waals surface area contributed by atoms with E-state index in [9.17, 15) is 19.2 Å². The van der Waals surface area contributed by atoms with E-state index in [0.29, 0.717) is 29.2 Å². The number of carbonyl (C=O) groups excluding carboxylic acids is 4. The molecule has 0 aromatic heterocycles. The van der Waals surface area contributed by atoms with Crippen LogP contribution in [0.15, 0.2) is 97.1 Å². The van der Waals surface area contributed by atoms with Crippen molar-refractivity contribution in [2.75, 3.05) is 13.2 Å². The standard InChI is InChI=1S/C36H33NO7/c1-24(38)43-33-18-14-28(15-19-33)26-6-10-30(11-7-26)35(40)37-22-4-3-5-32(37)23-42-36(41)31-12-8-27(9-13-31)29-16-20-34(21-17-29)44-25(2)39/h6-21,32H,3-5,22-23H2,1-2H3. The molecule has 0 spiro atoms. The fourth-order valence-electron chi connectivity index (χ4n) is 5.23. The van der Waals surface area contributed by atoms with Crippen LogP contribution in [0.4, 0.5) is 0 Å². The second kappa shape index (κ2) is 13.8. The van der Waals surface area contributed by atoms with E-state index < -0.39 is 5.97 Å². The van der Waals surface area contributed by atoms with E-state index in [4.69, 9.17) is 14.2 Å². The van der Waals surface area contributed by atoms with Crippen molar-refractivity contribution >= 4 is 23.8 Å². The van der Waals surface area contributed by atoms with Gasteiger partial charge in [0.15, 0.2) is 0 Å². The second-order valence-corrected chi connectivity index (χ2v) is 10.6. The fourth-order valence-corrected chi connectivity index (χ4v) is 5.23. The third-order valence-corrected chi connectivity index (χ3v) is 7.45. The Morgan fingerprint density at radius 2 is 1.05 bits per heavy atom. The summed E-state index contributed by atoms with van der Waals surface area (Å²) in [6, 6.07) is 28.6. The molecule has 1 fully saturated rings. The van der Waals surface area contributed by atoms with Crippen molar-refractivity contribution < 1.29 is 33.4 Å². The van der Waals surface area contributed by atoms with Gasteiger partial charge in [0.05, 0.1) is 11.6 Å². The van der Waals surface area contributed by atoms with Crippen LogP contribution in [0.5, 0.6) is 11.5 Å². The highest BCUT2D eigenvalue weighted by atomic mass is 16.5. The molecule has 1 aliphatic rings. The van der Waals surface area contributed by atoms with Gasteiger partial charge >= 0.3 is 17.9 Å². The van der Waals surface area contributed by atoms with Gasteiger partial charge < -0.3 is 19.1 Å². The van der Waals surface area contributed by atoms with Crippen LogP contribution in [0.25, 0.3) is 22.3 Å². The molecule has 4 aromatic carbocycles. The lowest BCUT2D eigenvalue weighted by atomic mass is 10.00. The van der Waals surface area contributed by atoms with Crippen molar-refractivity contribution in [1.29, 1.82) is 0 Å². The van der Waals surface area contributed by atoms with E-state index in [1.54, 1.807) is 48.5 Å². The molecule has 0 aliphatic carbocycles. The van der Waals surface area contributed by atoms with E-state index in [-0.39, 0.29) is 30.5 Å². The zero-order valence-corrected chi connectivity index (χ0v) is 24.7. The molecule has 1 unspecified atom stereocenters. The summed E-state index contributed by atoms with van der Waals surface area (Å²) in [6.07, 6.45) is 2.61. The predicted molar refractivity (Wildman–Crippen MR) is 165 cm³/mol. The minimum absolute atomic E-state index is 0.0911. The lowest BCUT2D eigenvalue weighted by Gasteiger charge is -2.35. The quantitative estimate of drug-likeness (QED) is 0.166. The normalized spacial score (nSPS) is 14.4. The molecule has 0 radical (unpaired) electrons. The number of benzene rings is 4. The van der Waals surface area contributed by atoms with E-state index in [0.717, 1.165) is 41.5 Å². The summed E-state index contributed by atoms with van der Waals surface area (Å²) in [5.74, 6) is -0.333. The van der Waals surface area contributed by atoms with Crippen molar-refractivity contribution in [3.8, 4) is 33.8 Å². The van der Waals surface area contributed by atoms with E-state index >= 15 is 0 Å². The summed E-state index contributed by atoms with van der Waals surface area (Å²) < 4.78 is 15.9. The van der Waals surface area contributed by atoms with Crippen molar-refractivity contribution in [3.05, 3.63) is 108 Å². The fraction of sp³-hybridized carbons (Fsp3) is 0.222. The summed E-state index contributed by atoms with van der Waals surface area (Å²) in [7, 11) is 0. The molecule has 1 heterocycles. The van der Waals surface area contributed by atoms with E-state index in [1.807, 2.05) is 53.4 Å². The van der Waals surface area contributed by atoms with Crippen molar-refractivity contribution in [2.45, 2.75) is 39.2 Å². The average molecular weight is 592 g/mol. The Morgan fingerprint density at radius 3 is 1.50 bits per heavy atom. The van der Waals surface area contributed by atoms with Gasteiger partial charge in [0.1, 0.15) is 18.1 Å². The third-order valence-electron chi connectivity index (χ3n) is 7.45. The molecule has 1 amide bonds. The molecule has 44 heavy (non-hydrogen) atoms. The van der Waals surface area contributed by atoms with E-state index in [1.165, 1.54) is 13.8 Å². The van der Waals surface area contributed by atoms with Gasteiger partial charge in [-0.05, 0) is 90.0 Å². The van der Waals surface area contributed by atoms with Gasteiger partial charge in [0.25, 0.3) is 5.91 Å². The first-order chi connectivity index (χ1) is 21.3. The van der Waals surface area contributed by atoms with Gasteiger partial charge in [0.2, 0.25) is 0 Å². The molecule has 224 valence electrons. The zero-order valence-electron chi connectivity index (χ0n) is 24.7. The monoisotopic (exact) mass is 591 g/mol. The van der Waals surface area contributed by atoms with Crippen molar-refractivity contribution in [1.82, 2.24) is 4.90 Å². The number of hydrogen-bond donors (Lipinski definition) is 0. The Hall–Kier alpha value is -5.24. The molecular weight excluding hydrogens is 558 g/mol. The summed E-state index contributed by atoms with van der Waals surface area (Å²) in [5.41, 5.74) is 4.70. The molecular formula is C36H33NO7. The van der Waals surface area contributed by atoms with Crippen LogP contribution >= 0.6 is 0 Å². The average Bonchev–Trinajstić information content (AvgIpc) is 3.04. The Morgan fingerprint density at radius 1 is 0.614 bits per heavy atom. The number of amides is 1. The highest BCUT2D eigenvalue weighted by Gasteiger charge is 2.29. The molecule has 4 aromatic rings. The van der Waals surface area contributed by atoms with Gasteiger partial charge in [-0.3, -0.25) is 14.4 Å². The first-order valence-electron chi connectivity index (χ1n) is 14.5. The molecule has 8 nitrogen and oxygen atoms in total. The Bertz CT molecular complexity index is 1630.